The highest BCUT2D eigenvalue weighted by atomic mass is 19.1. The van der Waals surface area contributed by atoms with Crippen molar-refractivity contribution in [3.8, 4) is 0 Å². The van der Waals surface area contributed by atoms with Crippen molar-refractivity contribution in [2.24, 2.45) is 0 Å². The van der Waals surface area contributed by atoms with Gasteiger partial charge in [-0.05, 0) is 36.6 Å². The number of rotatable bonds is 2. The summed E-state index contributed by atoms with van der Waals surface area (Å²) in [5.74, 6) is -0.153. The van der Waals surface area contributed by atoms with Gasteiger partial charge in [-0.3, -0.25) is 0 Å². The van der Waals surface area contributed by atoms with Gasteiger partial charge < -0.3 is 0 Å². The van der Waals surface area contributed by atoms with Gasteiger partial charge in [-0.2, -0.15) is 0 Å². The number of hydrogen-bond acceptors (Lipinski definition) is 0. The molecule has 0 radical (unpaired) electrons. The van der Waals surface area contributed by atoms with Gasteiger partial charge in [0.05, 0.1) is 0 Å². The van der Waals surface area contributed by atoms with Gasteiger partial charge >= 0.3 is 0 Å². The molecule has 0 aliphatic rings. The van der Waals surface area contributed by atoms with Crippen LogP contribution in [-0.4, -0.2) is 0 Å². The van der Waals surface area contributed by atoms with Crippen molar-refractivity contribution in [1.82, 2.24) is 0 Å². The Morgan fingerprint density at radius 1 is 1.42 bits per heavy atom. The van der Waals surface area contributed by atoms with Crippen LogP contribution >= 0.6 is 0 Å². The van der Waals surface area contributed by atoms with Crippen LogP contribution < -0.4 is 0 Å². The molecule has 0 fully saturated rings. The molecule has 0 saturated heterocycles. The molecule has 0 unspecified atom stereocenters. The maximum atomic E-state index is 12.8. The Balaban J connectivity index is 3.10. The van der Waals surface area contributed by atoms with Crippen molar-refractivity contribution >= 4 is 6.08 Å². The van der Waals surface area contributed by atoms with Crippen LogP contribution in [0.5, 0.6) is 0 Å². The third-order valence-electron chi connectivity index (χ3n) is 1.83. The Labute approximate surface area is 72.7 Å². The molecule has 1 aromatic rings. The summed E-state index contributed by atoms with van der Waals surface area (Å²) in [6, 6.07) is 4.90. The van der Waals surface area contributed by atoms with Crippen LogP contribution in [0, 0.1) is 5.82 Å². The first-order valence-corrected chi connectivity index (χ1v) is 4.19. The predicted octanol–water partition coefficient (Wildman–Crippen LogP) is 3.42. The minimum atomic E-state index is -0.153. The van der Waals surface area contributed by atoms with Crippen molar-refractivity contribution in [2.45, 2.75) is 20.3 Å². The van der Waals surface area contributed by atoms with Crippen molar-refractivity contribution < 1.29 is 4.39 Å². The van der Waals surface area contributed by atoms with E-state index in [0.717, 1.165) is 17.5 Å². The molecule has 0 N–H and O–H groups in total. The molecule has 0 aromatic heterocycles. The maximum absolute atomic E-state index is 12.8. The molecule has 64 valence electrons. The van der Waals surface area contributed by atoms with Gasteiger partial charge in [-0.25, -0.2) is 4.39 Å². The zero-order valence-corrected chi connectivity index (χ0v) is 7.47. The lowest BCUT2D eigenvalue weighted by atomic mass is 10.0. The van der Waals surface area contributed by atoms with Gasteiger partial charge in [0.2, 0.25) is 0 Å². The zero-order chi connectivity index (χ0) is 8.97. The normalized spacial score (nSPS) is 10.9. The van der Waals surface area contributed by atoms with Gasteiger partial charge in [-0.1, -0.05) is 25.1 Å². The fraction of sp³-hybridized carbons (Fsp3) is 0.273. The molecule has 0 aliphatic heterocycles. The van der Waals surface area contributed by atoms with E-state index in [1.165, 1.54) is 6.07 Å². The minimum Gasteiger partial charge on any atom is -0.207 e. The van der Waals surface area contributed by atoms with E-state index in [-0.39, 0.29) is 5.82 Å². The first-order valence-electron chi connectivity index (χ1n) is 4.19. The molecule has 0 heterocycles. The lowest BCUT2D eigenvalue weighted by molar-refractivity contribution is 0.625. The number of benzene rings is 1. The second kappa shape index (κ2) is 4.05. The van der Waals surface area contributed by atoms with E-state index in [2.05, 4.69) is 0 Å². The third kappa shape index (κ3) is 1.94. The lowest BCUT2D eigenvalue weighted by Gasteiger charge is -2.02. The van der Waals surface area contributed by atoms with Crippen LogP contribution in [0.25, 0.3) is 6.08 Å². The first-order chi connectivity index (χ1) is 5.77. The van der Waals surface area contributed by atoms with Crippen LogP contribution in [0.1, 0.15) is 25.0 Å². The summed E-state index contributed by atoms with van der Waals surface area (Å²) in [6.45, 7) is 3.99. The molecule has 1 rings (SSSR count). The minimum absolute atomic E-state index is 0.153. The summed E-state index contributed by atoms with van der Waals surface area (Å²) >= 11 is 0. The monoisotopic (exact) mass is 164 g/mol. The van der Waals surface area contributed by atoms with E-state index in [9.17, 15) is 4.39 Å². The van der Waals surface area contributed by atoms with Crippen molar-refractivity contribution in [3.05, 3.63) is 41.2 Å². The lowest BCUT2D eigenvalue weighted by Crippen LogP contribution is -1.87. The summed E-state index contributed by atoms with van der Waals surface area (Å²) in [7, 11) is 0. The number of halogens is 1. The molecule has 1 aromatic carbocycles. The predicted molar refractivity (Wildman–Crippen MR) is 50.5 cm³/mol. The Morgan fingerprint density at radius 3 is 2.75 bits per heavy atom. The van der Waals surface area contributed by atoms with Crippen LogP contribution in [-0.2, 0) is 6.42 Å². The average molecular weight is 164 g/mol. The summed E-state index contributed by atoms with van der Waals surface area (Å²) in [6.07, 6.45) is 4.84. The maximum Gasteiger partial charge on any atom is 0.123 e. The molecule has 0 amide bonds. The summed E-state index contributed by atoms with van der Waals surface area (Å²) in [5.41, 5.74) is 2.18. The highest BCUT2D eigenvalue weighted by molar-refractivity contribution is 5.53. The quantitative estimate of drug-likeness (QED) is 0.628. The molecule has 0 saturated carbocycles. The van der Waals surface area contributed by atoms with Gasteiger partial charge in [0.15, 0.2) is 0 Å². The van der Waals surface area contributed by atoms with Crippen molar-refractivity contribution in [1.29, 1.82) is 0 Å². The molecular formula is C11H13F. The summed E-state index contributed by atoms with van der Waals surface area (Å²) < 4.78 is 12.8. The van der Waals surface area contributed by atoms with E-state index in [4.69, 9.17) is 0 Å². The summed E-state index contributed by atoms with van der Waals surface area (Å²) in [4.78, 5) is 0. The number of aryl methyl sites for hydroxylation is 1. The average Bonchev–Trinajstić information content (AvgIpc) is 2.08. The van der Waals surface area contributed by atoms with E-state index >= 15 is 0 Å². The molecule has 0 nitrogen and oxygen atoms in total. The van der Waals surface area contributed by atoms with Gasteiger partial charge in [-0.15, -0.1) is 0 Å². The summed E-state index contributed by atoms with van der Waals surface area (Å²) in [5, 5.41) is 0. The number of allylic oxidation sites excluding steroid dienone is 1. The van der Waals surface area contributed by atoms with Crippen LogP contribution in [0.15, 0.2) is 24.3 Å². The van der Waals surface area contributed by atoms with E-state index in [1.54, 1.807) is 6.07 Å². The molecule has 0 spiro atoms. The second-order valence-electron chi connectivity index (χ2n) is 2.70. The van der Waals surface area contributed by atoms with Crippen molar-refractivity contribution in [3.63, 3.8) is 0 Å². The van der Waals surface area contributed by atoms with E-state index in [1.807, 2.05) is 32.1 Å². The Hall–Kier alpha value is -1.11. The smallest absolute Gasteiger partial charge is 0.123 e. The standard InChI is InChI=1S/C11H13F/c1-3-5-10-6-7-11(12)8-9(10)4-2/h3,5-8H,4H2,1-2H3. The molecule has 0 aliphatic carbocycles. The van der Waals surface area contributed by atoms with E-state index < -0.39 is 0 Å². The molecule has 0 bridgehead atoms. The molecular weight excluding hydrogens is 151 g/mol. The Morgan fingerprint density at radius 2 is 2.17 bits per heavy atom. The van der Waals surface area contributed by atoms with Crippen LogP contribution in [0.4, 0.5) is 4.39 Å². The van der Waals surface area contributed by atoms with Gasteiger partial charge in [0.25, 0.3) is 0 Å². The molecule has 1 heteroatoms. The fourth-order valence-corrected chi connectivity index (χ4v) is 1.22. The third-order valence-corrected chi connectivity index (χ3v) is 1.83. The largest absolute Gasteiger partial charge is 0.207 e. The zero-order valence-electron chi connectivity index (χ0n) is 7.47. The Bertz CT molecular complexity index is 287. The highest BCUT2D eigenvalue weighted by Crippen LogP contribution is 2.13. The van der Waals surface area contributed by atoms with Gasteiger partial charge in [0.1, 0.15) is 5.82 Å². The highest BCUT2D eigenvalue weighted by Gasteiger charge is 1.98. The van der Waals surface area contributed by atoms with Gasteiger partial charge in [0, 0.05) is 0 Å². The Kier molecular flexibility index (Phi) is 3.03. The number of hydrogen-bond donors (Lipinski definition) is 0. The van der Waals surface area contributed by atoms with Crippen LogP contribution in [0.3, 0.4) is 0 Å². The van der Waals surface area contributed by atoms with E-state index in [0.29, 0.717) is 0 Å². The SMILES string of the molecule is CC=Cc1ccc(F)cc1CC. The van der Waals surface area contributed by atoms with Crippen molar-refractivity contribution in [2.75, 3.05) is 0 Å². The first kappa shape index (κ1) is 8.98. The molecule has 0 atom stereocenters. The second-order valence-corrected chi connectivity index (χ2v) is 2.70. The van der Waals surface area contributed by atoms with Crippen LogP contribution in [0.2, 0.25) is 0 Å². The fourth-order valence-electron chi connectivity index (χ4n) is 1.22. The topological polar surface area (TPSA) is 0 Å². The molecule has 12 heavy (non-hydrogen) atoms.